The molecule has 1 atom stereocenters. The maximum atomic E-state index is 12.8. The second-order valence-corrected chi connectivity index (χ2v) is 7.81. The Kier molecular flexibility index (Phi) is 6.54. The molecule has 1 N–H and O–H groups in total. The molecular weight excluding hydrogens is 376 g/mol. The van der Waals surface area contributed by atoms with Gasteiger partial charge in [0, 0.05) is 11.5 Å². The summed E-state index contributed by atoms with van der Waals surface area (Å²) in [7, 11) is 0. The standard InChI is InChI=1S/C24H28N4O2/c1-2-21(18-9-5-3-6-10-18)25-24(29)20-13-15-28(16-14-20)17-22-26-23(27-30-22)19-11-7-4-8-12-19/h3-12,20-21H,2,13-17H2,1H3,(H,25,29). The smallest absolute Gasteiger partial charge is 0.241 e. The molecule has 1 unspecified atom stereocenters. The predicted octanol–water partition coefficient (Wildman–Crippen LogP) is 4.22. The van der Waals surface area contributed by atoms with Crippen molar-refractivity contribution in [3.05, 3.63) is 72.1 Å². The molecule has 1 saturated heterocycles. The van der Waals surface area contributed by atoms with Crippen LogP contribution in [0.2, 0.25) is 0 Å². The van der Waals surface area contributed by atoms with Gasteiger partial charge in [-0.1, -0.05) is 72.7 Å². The molecule has 0 saturated carbocycles. The van der Waals surface area contributed by atoms with Gasteiger partial charge in [0.15, 0.2) is 0 Å². The zero-order valence-corrected chi connectivity index (χ0v) is 17.3. The minimum Gasteiger partial charge on any atom is -0.349 e. The fourth-order valence-corrected chi connectivity index (χ4v) is 3.96. The first-order chi connectivity index (χ1) is 14.7. The highest BCUT2D eigenvalue weighted by Gasteiger charge is 2.27. The summed E-state index contributed by atoms with van der Waals surface area (Å²) in [6.07, 6.45) is 2.57. The summed E-state index contributed by atoms with van der Waals surface area (Å²) in [4.78, 5) is 19.6. The number of hydrogen-bond donors (Lipinski definition) is 1. The molecule has 1 aliphatic heterocycles. The lowest BCUT2D eigenvalue weighted by Crippen LogP contribution is -2.41. The van der Waals surface area contributed by atoms with E-state index < -0.39 is 0 Å². The van der Waals surface area contributed by atoms with Crippen LogP contribution in [0.25, 0.3) is 11.4 Å². The van der Waals surface area contributed by atoms with Crippen molar-refractivity contribution in [2.24, 2.45) is 5.92 Å². The molecule has 30 heavy (non-hydrogen) atoms. The molecule has 156 valence electrons. The summed E-state index contributed by atoms with van der Waals surface area (Å²) in [5.74, 6) is 1.45. The highest BCUT2D eigenvalue weighted by molar-refractivity contribution is 5.79. The van der Waals surface area contributed by atoms with E-state index in [1.54, 1.807) is 0 Å². The molecular formula is C24H28N4O2. The maximum Gasteiger partial charge on any atom is 0.241 e. The summed E-state index contributed by atoms with van der Waals surface area (Å²) >= 11 is 0. The van der Waals surface area contributed by atoms with Gasteiger partial charge in [-0.3, -0.25) is 9.69 Å². The van der Waals surface area contributed by atoms with Crippen molar-refractivity contribution >= 4 is 5.91 Å². The van der Waals surface area contributed by atoms with E-state index in [1.165, 1.54) is 0 Å². The Morgan fingerprint density at radius 2 is 1.77 bits per heavy atom. The SMILES string of the molecule is CCC(NC(=O)C1CCN(Cc2nc(-c3ccccc3)no2)CC1)c1ccccc1. The normalized spacial score (nSPS) is 16.3. The Morgan fingerprint density at radius 1 is 1.10 bits per heavy atom. The van der Waals surface area contributed by atoms with Gasteiger partial charge < -0.3 is 9.84 Å². The molecule has 3 aromatic rings. The molecule has 4 rings (SSSR count). The highest BCUT2D eigenvalue weighted by atomic mass is 16.5. The number of nitrogens with one attached hydrogen (secondary N) is 1. The topological polar surface area (TPSA) is 71.3 Å². The first kappa shape index (κ1) is 20.3. The Hall–Kier alpha value is -2.99. The lowest BCUT2D eigenvalue weighted by Gasteiger charge is -2.31. The van der Waals surface area contributed by atoms with Gasteiger partial charge in [0.2, 0.25) is 17.6 Å². The van der Waals surface area contributed by atoms with E-state index in [2.05, 4.69) is 39.4 Å². The van der Waals surface area contributed by atoms with Gasteiger partial charge in [-0.05, 0) is 37.9 Å². The van der Waals surface area contributed by atoms with Crippen molar-refractivity contribution in [3.8, 4) is 11.4 Å². The Morgan fingerprint density at radius 3 is 2.43 bits per heavy atom. The van der Waals surface area contributed by atoms with Gasteiger partial charge in [0.25, 0.3) is 0 Å². The van der Waals surface area contributed by atoms with Crippen LogP contribution in [0.4, 0.5) is 0 Å². The first-order valence-electron chi connectivity index (χ1n) is 10.7. The lowest BCUT2D eigenvalue weighted by atomic mass is 9.94. The molecule has 0 radical (unpaired) electrons. The number of hydrogen-bond acceptors (Lipinski definition) is 5. The van der Waals surface area contributed by atoms with E-state index in [9.17, 15) is 4.79 Å². The van der Waals surface area contributed by atoms with Crippen molar-refractivity contribution in [2.75, 3.05) is 13.1 Å². The van der Waals surface area contributed by atoms with Crippen molar-refractivity contribution in [1.82, 2.24) is 20.4 Å². The third-order valence-electron chi connectivity index (χ3n) is 5.74. The summed E-state index contributed by atoms with van der Waals surface area (Å²) < 4.78 is 5.43. The van der Waals surface area contributed by atoms with Crippen LogP contribution in [0, 0.1) is 5.92 Å². The van der Waals surface area contributed by atoms with Crippen LogP contribution < -0.4 is 5.32 Å². The molecule has 0 aliphatic carbocycles. The van der Waals surface area contributed by atoms with Gasteiger partial charge in [-0.2, -0.15) is 4.98 Å². The molecule has 1 aliphatic rings. The largest absolute Gasteiger partial charge is 0.349 e. The van der Waals surface area contributed by atoms with Gasteiger partial charge in [0.1, 0.15) is 0 Å². The van der Waals surface area contributed by atoms with Crippen LogP contribution in [0.1, 0.15) is 43.7 Å². The van der Waals surface area contributed by atoms with E-state index in [4.69, 9.17) is 4.52 Å². The number of nitrogens with zero attached hydrogens (tertiary/aromatic N) is 3. The summed E-state index contributed by atoms with van der Waals surface area (Å²) in [5.41, 5.74) is 2.11. The monoisotopic (exact) mass is 404 g/mol. The molecule has 1 amide bonds. The predicted molar refractivity (Wildman–Crippen MR) is 115 cm³/mol. The molecule has 1 aromatic heterocycles. The minimum absolute atomic E-state index is 0.0570. The third-order valence-corrected chi connectivity index (χ3v) is 5.74. The quantitative estimate of drug-likeness (QED) is 0.638. The van der Waals surface area contributed by atoms with E-state index >= 15 is 0 Å². The number of piperidine rings is 1. The molecule has 2 aromatic carbocycles. The molecule has 0 spiro atoms. The highest BCUT2D eigenvalue weighted by Crippen LogP contribution is 2.23. The number of rotatable bonds is 7. The van der Waals surface area contributed by atoms with E-state index in [0.717, 1.165) is 43.5 Å². The maximum absolute atomic E-state index is 12.8. The Balaban J connectivity index is 1.28. The first-order valence-corrected chi connectivity index (χ1v) is 10.7. The van der Waals surface area contributed by atoms with Crippen LogP contribution in [0.5, 0.6) is 0 Å². The third kappa shape index (κ3) is 4.94. The molecule has 2 heterocycles. The average molecular weight is 405 g/mol. The van der Waals surface area contributed by atoms with Crippen LogP contribution in [0.3, 0.4) is 0 Å². The van der Waals surface area contributed by atoms with Crippen molar-refractivity contribution in [3.63, 3.8) is 0 Å². The Bertz CT molecular complexity index is 934. The van der Waals surface area contributed by atoms with Crippen LogP contribution in [0.15, 0.2) is 65.2 Å². The van der Waals surface area contributed by atoms with Gasteiger partial charge in [-0.25, -0.2) is 0 Å². The van der Waals surface area contributed by atoms with Gasteiger partial charge in [-0.15, -0.1) is 0 Å². The molecule has 6 nitrogen and oxygen atoms in total. The van der Waals surface area contributed by atoms with Crippen LogP contribution in [-0.2, 0) is 11.3 Å². The summed E-state index contributed by atoms with van der Waals surface area (Å²) in [6.45, 7) is 4.43. The van der Waals surface area contributed by atoms with Crippen molar-refractivity contribution in [2.45, 2.75) is 38.8 Å². The Labute approximate surface area is 177 Å². The van der Waals surface area contributed by atoms with Crippen LogP contribution in [-0.4, -0.2) is 34.0 Å². The zero-order valence-electron chi connectivity index (χ0n) is 17.3. The number of likely N-dealkylation sites (tertiary alicyclic amines) is 1. The molecule has 6 heteroatoms. The second-order valence-electron chi connectivity index (χ2n) is 7.81. The van der Waals surface area contributed by atoms with Gasteiger partial charge in [0.05, 0.1) is 12.6 Å². The lowest BCUT2D eigenvalue weighted by molar-refractivity contribution is -0.127. The number of carbonyl (C=O) groups excluding carboxylic acids is 1. The van der Waals surface area contributed by atoms with Crippen molar-refractivity contribution in [1.29, 1.82) is 0 Å². The molecule has 1 fully saturated rings. The zero-order chi connectivity index (χ0) is 20.8. The number of benzene rings is 2. The van der Waals surface area contributed by atoms with Crippen LogP contribution >= 0.6 is 0 Å². The average Bonchev–Trinajstić information content (AvgIpc) is 3.27. The van der Waals surface area contributed by atoms with Crippen molar-refractivity contribution < 1.29 is 9.32 Å². The fourth-order valence-electron chi connectivity index (χ4n) is 3.96. The summed E-state index contributed by atoms with van der Waals surface area (Å²) in [5, 5.41) is 7.33. The number of aromatic nitrogens is 2. The molecule has 0 bridgehead atoms. The summed E-state index contributed by atoms with van der Waals surface area (Å²) in [6, 6.07) is 20.1. The number of carbonyl (C=O) groups is 1. The van der Waals surface area contributed by atoms with E-state index in [0.29, 0.717) is 18.3 Å². The number of amides is 1. The van der Waals surface area contributed by atoms with Gasteiger partial charge >= 0.3 is 0 Å². The fraction of sp³-hybridized carbons (Fsp3) is 0.375. The van der Waals surface area contributed by atoms with E-state index in [-0.39, 0.29) is 17.9 Å². The second kappa shape index (κ2) is 9.67. The minimum atomic E-state index is 0.0570. The van der Waals surface area contributed by atoms with E-state index in [1.807, 2.05) is 48.5 Å².